The monoisotopic (exact) mass is 719 g/mol. The number of hydrogen-bond acceptors (Lipinski definition) is 9. The number of anilines is 2. The molecule has 1 atom stereocenters. The van der Waals surface area contributed by atoms with Crippen molar-refractivity contribution in [3.05, 3.63) is 76.6 Å². The molecule has 3 aliphatic rings. The molecule has 0 spiro atoms. The van der Waals surface area contributed by atoms with Gasteiger partial charge in [0.05, 0.1) is 46.6 Å². The van der Waals surface area contributed by atoms with Crippen LogP contribution in [0.1, 0.15) is 66.5 Å². The van der Waals surface area contributed by atoms with E-state index in [0.29, 0.717) is 35.4 Å². The standard InChI is InChI=1S/C39H45N9O5/c1-24-17-26(21-40-20-24)37(50)41-30-18-27-23-47(43-29(27)19-34(30)53-3)28-9-7-25(8-10-28)22-45-13-15-46(16-14-45)31-5-4-6-32-36(31)44(2)39(52)48(32)33-11-12-35(49)42-38(33)51/h4-6,17-21,23,25,28,33H,7-16,22H2,1-3H3,(H,41,50)(H,42,49,51)/t25-,28-,33?. The Bertz CT molecular complexity index is 2270. The number of nitrogens with zero attached hydrogens (tertiary/aromatic N) is 7. The van der Waals surface area contributed by atoms with Crippen molar-refractivity contribution in [3.63, 3.8) is 0 Å². The number of fused-ring (bicyclic) bond motifs is 2. The molecule has 0 bridgehead atoms. The van der Waals surface area contributed by atoms with Crippen molar-refractivity contribution >= 4 is 51.0 Å². The van der Waals surface area contributed by atoms with Gasteiger partial charge in [0.1, 0.15) is 11.8 Å². The maximum Gasteiger partial charge on any atom is 0.329 e. The maximum atomic E-state index is 13.4. The highest BCUT2D eigenvalue weighted by Crippen LogP contribution is 2.36. The van der Waals surface area contributed by atoms with Crippen LogP contribution in [0.25, 0.3) is 21.9 Å². The first-order valence-corrected chi connectivity index (χ1v) is 18.5. The number of nitrogens with one attached hydrogen (secondary N) is 2. The Hall–Kier alpha value is -5.50. The summed E-state index contributed by atoms with van der Waals surface area (Å²) in [6, 6.07) is 11.1. The second-order valence-corrected chi connectivity index (χ2v) is 14.7. The van der Waals surface area contributed by atoms with Gasteiger partial charge in [0.25, 0.3) is 5.91 Å². The number of methoxy groups -OCH3 is 1. The van der Waals surface area contributed by atoms with Crippen molar-refractivity contribution in [1.29, 1.82) is 0 Å². The average molecular weight is 720 g/mol. The lowest BCUT2D eigenvalue weighted by molar-refractivity contribution is -0.135. The lowest BCUT2D eigenvalue weighted by Crippen LogP contribution is -2.48. The molecule has 2 aliphatic heterocycles. The minimum Gasteiger partial charge on any atom is -0.494 e. The van der Waals surface area contributed by atoms with E-state index in [9.17, 15) is 19.2 Å². The topological polar surface area (TPSA) is 149 Å². The molecule has 276 valence electrons. The third kappa shape index (κ3) is 6.67. The highest BCUT2D eigenvalue weighted by atomic mass is 16.5. The molecule has 5 heterocycles. The van der Waals surface area contributed by atoms with Gasteiger partial charge in [-0.1, -0.05) is 6.07 Å². The Morgan fingerprint density at radius 3 is 2.53 bits per heavy atom. The van der Waals surface area contributed by atoms with Gasteiger partial charge >= 0.3 is 5.69 Å². The van der Waals surface area contributed by atoms with Crippen molar-refractivity contribution in [3.8, 4) is 5.75 Å². The molecular formula is C39H45N9O5. The normalized spacial score (nSPS) is 21.3. The largest absolute Gasteiger partial charge is 0.494 e. The predicted molar refractivity (Wildman–Crippen MR) is 201 cm³/mol. The number of para-hydroxylation sites is 1. The van der Waals surface area contributed by atoms with Crippen LogP contribution in [0.4, 0.5) is 11.4 Å². The number of rotatable bonds is 8. The minimum absolute atomic E-state index is 0.218. The molecule has 8 rings (SSSR count). The zero-order chi connectivity index (χ0) is 36.8. The molecule has 5 aromatic rings. The summed E-state index contributed by atoms with van der Waals surface area (Å²) in [4.78, 5) is 59.9. The van der Waals surface area contributed by atoms with E-state index in [-0.39, 0.29) is 23.9 Å². The van der Waals surface area contributed by atoms with Crippen LogP contribution in [0.2, 0.25) is 0 Å². The van der Waals surface area contributed by atoms with Gasteiger partial charge in [-0.15, -0.1) is 0 Å². The van der Waals surface area contributed by atoms with Crippen LogP contribution in [-0.2, 0) is 16.6 Å². The Morgan fingerprint density at radius 2 is 1.79 bits per heavy atom. The summed E-state index contributed by atoms with van der Waals surface area (Å²) >= 11 is 0. The molecule has 3 aromatic heterocycles. The first kappa shape index (κ1) is 34.6. The number of amides is 3. The average Bonchev–Trinajstić information content (AvgIpc) is 3.69. The van der Waals surface area contributed by atoms with Crippen LogP contribution in [-0.4, -0.2) is 86.4 Å². The van der Waals surface area contributed by atoms with E-state index < -0.39 is 11.9 Å². The number of aromatic nitrogens is 5. The van der Waals surface area contributed by atoms with E-state index >= 15 is 0 Å². The Balaban J connectivity index is 0.880. The van der Waals surface area contributed by atoms with Crippen molar-refractivity contribution in [2.24, 2.45) is 13.0 Å². The zero-order valence-electron chi connectivity index (χ0n) is 30.4. The smallest absolute Gasteiger partial charge is 0.329 e. The number of ether oxygens (including phenoxy) is 1. The first-order chi connectivity index (χ1) is 25.7. The summed E-state index contributed by atoms with van der Waals surface area (Å²) in [7, 11) is 3.35. The van der Waals surface area contributed by atoms with Crippen LogP contribution < -0.4 is 26.0 Å². The summed E-state index contributed by atoms with van der Waals surface area (Å²) < 4.78 is 10.9. The maximum absolute atomic E-state index is 13.4. The molecule has 0 radical (unpaired) electrons. The van der Waals surface area contributed by atoms with Gasteiger partial charge in [-0.2, -0.15) is 5.10 Å². The number of piperazine rings is 1. The quantitative estimate of drug-likeness (QED) is 0.225. The molecule has 14 nitrogen and oxygen atoms in total. The number of piperidine rings is 1. The minimum atomic E-state index is -0.697. The highest BCUT2D eigenvalue weighted by molar-refractivity contribution is 6.06. The molecule has 1 aliphatic carbocycles. The van der Waals surface area contributed by atoms with Crippen LogP contribution in [0.15, 0.2) is 59.8 Å². The Labute approximate surface area is 306 Å². The van der Waals surface area contributed by atoms with E-state index in [0.717, 1.165) is 91.6 Å². The fourth-order valence-electron chi connectivity index (χ4n) is 8.43. The zero-order valence-corrected chi connectivity index (χ0v) is 30.4. The summed E-state index contributed by atoms with van der Waals surface area (Å²) in [6.07, 6.45) is 10.3. The predicted octanol–water partition coefficient (Wildman–Crippen LogP) is 4.19. The Kier molecular flexibility index (Phi) is 9.23. The summed E-state index contributed by atoms with van der Waals surface area (Å²) in [5.41, 5.74) is 5.13. The summed E-state index contributed by atoms with van der Waals surface area (Å²) in [5, 5.41) is 11.3. The fraction of sp³-hybridized carbons (Fsp3) is 0.436. The first-order valence-electron chi connectivity index (χ1n) is 18.5. The molecule has 3 amide bonds. The van der Waals surface area contributed by atoms with Gasteiger partial charge in [0.15, 0.2) is 0 Å². The van der Waals surface area contributed by atoms with Crippen LogP contribution in [0.5, 0.6) is 5.75 Å². The number of imidazole rings is 1. The molecule has 1 saturated carbocycles. The van der Waals surface area contributed by atoms with Crippen molar-refractivity contribution in [2.45, 2.75) is 57.5 Å². The number of carbonyl (C=O) groups is 3. The van der Waals surface area contributed by atoms with Gasteiger partial charge in [0, 0.05) is 76.2 Å². The van der Waals surface area contributed by atoms with Crippen molar-refractivity contribution < 1.29 is 19.1 Å². The number of imide groups is 1. The SMILES string of the molecule is COc1cc2nn([C@H]3CC[C@H](CN4CCN(c5cccc6c5n(C)c(=O)n6C5CCC(=O)NC5=O)CC4)CC3)cc2cc1NC(=O)c1cncc(C)c1. The second kappa shape index (κ2) is 14.1. The molecular weight excluding hydrogens is 674 g/mol. The van der Waals surface area contributed by atoms with E-state index in [4.69, 9.17) is 9.84 Å². The summed E-state index contributed by atoms with van der Waals surface area (Å²) in [6.45, 7) is 6.53. The number of pyridine rings is 1. The number of carbonyl (C=O) groups excluding carboxylic acids is 3. The Morgan fingerprint density at radius 1 is 1.00 bits per heavy atom. The van der Waals surface area contributed by atoms with Crippen molar-refractivity contribution in [2.75, 3.05) is 50.1 Å². The van der Waals surface area contributed by atoms with Crippen LogP contribution in [0.3, 0.4) is 0 Å². The van der Waals surface area contributed by atoms with E-state index in [1.54, 1.807) is 41.8 Å². The fourth-order valence-corrected chi connectivity index (χ4v) is 8.43. The molecule has 1 unspecified atom stereocenters. The second-order valence-electron chi connectivity index (χ2n) is 14.7. The van der Waals surface area contributed by atoms with Gasteiger partial charge < -0.3 is 15.0 Å². The molecule has 2 saturated heterocycles. The van der Waals surface area contributed by atoms with Crippen molar-refractivity contribution in [1.82, 2.24) is 34.1 Å². The summed E-state index contributed by atoms with van der Waals surface area (Å²) in [5.74, 6) is 0.224. The van der Waals surface area contributed by atoms with Gasteiger partial charge in [-0.05, 0) is 74.8 Å². The number of aryl methyl sites for hydroxylation is 2. The molecule has 3 fully saturated rings. The molecule has 53 heavy (non-hydrogen) atoms. The molecule has 2 N–H and O–H groups in total. The third-order valence-corrected chi connectivity index (χ3v) is 11.3. The van der Waals surface area contributed by atoms with E-state index in [2.05, 4.69) is 42.4 Å². The van der Waals surface area contributed by atoms with Crippen LogP contribution in [0, 0.1) is 12.8 Å². The van der Waals surface area contributed by atoms with Gasteiger partial charge in [-0.25, -0.2) is 4.79 Å². The molecule has 2 aromatic carbocycles. The highest BCUT2D eigenvalue weighted by Gasteiger charge is 2.33. The van der Waals surface area contributed by atoms with Gasteiger partial charge in [0.2, 0.25) is 11.8 Å². The number of benzene rings is 2. The van der Waals surface area contributed by atoms with E-state index in [1.165, 1.54) is 0 Å². The number of hydrogen-bond donors (Lipinski definition) is 2. The third-order valence-electron chi connectivity index (χ3n) is 11.3. The lowest BCUT2D eigenvalue weighted by atomic mass is 9.85. The molecule has 14 heteroatoms. The van der Waals surface area contributed by atoms with Gasteiger partial charge in [-0.3, -0.25) is 43.4 Å². The lowest BCUT2D eigenvalue weighted by Gasteiger charge is -2.39. The van der Waals surface area contributed by atoms with E-state index in [1.807, 2.05) is 31.2 Å². The van der Waals surface area contributed by atoms with Crippen LogP contribution >= 0.6 is 0 Å².